The number of ether oxygens (including phenoxy) is 6. The van der Waals surface area contributed by atoms with E-state index >= 15 is 0 Å². The summed E-state index contributed by atoms with van der Waals surface area (Å²) in [5, 5.41) is 0. The van der Waals surface area contributed by atoms with Crippen LogP contribution in [-0.4, -0.2) is 95.4 Å². The standard InChI is InChI=1S/C16H31O9PS/c1-9-13(19-4)15(21-6)12(24-9)8-22-26(17,27)25-16-11(7-18-3)23-10(2)14(16)20-5/h9-16H,7-8H2,1-6H3,(H,17,27)/t9-,10-,11+,12+,13?,14?,15-,16-,26?/m0/s1. The van der Waals surface area contributed by atoms with Crippen molar-refractivity contribution in [1.82, 2.24) is 0 Å². The molecule has 2 rings (SSSR count). The molecule has 2 aliphatic heterocycles. The molecule has 2 heterocycles. The van der Waals surface area contributed by atoms with Crippen molar-refractivity contribution < 1.29 is 42.4 Å². The molecule has 160 valence electrons. The van der Waals surface area contributed by atoms with Gasteiger partial charge in [-0.3, -0.25) is 4.52 Å². The molecule has 11 heteroatoms. The highest BCUT2D eigenvalue weighted by molar-refractivity contribution is 8.07. The van der Waals surface area contributed by atoms with Crippen molar-refractivity contribution in [2.45, 2.75) is 62.7 Å². The highest BCUT2D eigenvalue weighted by Gasteiger charge is 2.47. The molecule has 0 spiro atoms. The van der Waals surface area contributed by atoms with Gasteiger partial charge >= 0.3 is 6.72 Å². The van der Waals surface area contributed by atoms with Crippen molar-refractivity contribution in [3.05, 3.63) is 0 Å². The Hall–Kier alpha value is 0.290. The van der Waals surface area contributed by atoms with E-state index in [9.17, 15) is 4.89 Å². The van der Waals surface area contributed by atoms with E-state index in [4.69, 9.17) is 49.3 Å². The fourth-order valence-electron chi connectivity index (χ4n) is 3.67. The summed E-state index contributed by atoms with van der Waals surface area (Å²) < 4.78 is 44.4. The van der Waals surface area contributed by atoms with Crippen LogP contribution in [0.25, 0.3) is 0 Å². The molecular formula is C16H31O9PS. The molecule has 0 aromatic heterocycles. The van der Waals surface area contributed by atoms with E-state index < -0.39 is 31.1 Å². The first-order valence-corrected chi connectivity index (χ1v) is 11.4. The fourth-order valence-corrected chi connectivity index (χ4v) is 5.11. The zero-order valence-electron chi connectivity index (χ0n) is 16.6. The molecule has 1 N–H and O–H groups in total. The normalized spacial score (nSPS) is 41.7. The average molecular weight is 430 g/mol. The first kappa shape index (κ1) is 23.6. The Morgan fingerprint density at radius 3 is 1.78 bits per heavy atom. The van der Waals surface area contributed by atoms with Crippen LogP contribution in [0.1, 0.15) is 13.8 Å². The maximum atomic E-state index is 10.6. The molecule has 27 heavy (non-hydrogen) atoms. The molecule has 0 aliphatic carbocycles. The molecule has 0 saturated carbocycles. The van der Waals surface area contributed by atoms with Crippen molar-refractivity contribution in [3.63, 3.8) is 0 Å². The number of rotatable bonds is 10. The monoisotopic (exact) mass is 430 g/mol. The van der Waals surface area contributed by atoms with Crippen LogP contribution in [0.3, 0.4) is 0 Å². The Bertz CT molecular complexity index is 510. The number of methoxy groups -OCH3 is 4. The molecule has 0 aromatic rings. The lowest BCUT2D eigenvalue weighted by atomic mass is 10.1. The zero-order valence-corrected chi connectivity index (χ0v) is 18.3. The predicted octanol–water partition coefficient (Wildman–Crippen LogP) is 0.871. The van der Waals surface area contributed by atoms with E-state index in [0.717, 1.165) is 0 Å². The third-order valence-corrected chi connectivity index (χ3v) is 6.45. The summed E-state index contributed by atoms with van der Waals surface area (Å²) in [7, 11) is 6.29. The summed E-state index contributed by atoms with van der Waals surface area (Å²) in [5.74, 6) is 0. The summed E-state index contributed by atoms with van der Waals surface area (Å²) in [6, 6.07) is 0. The first-order chi connectivity index (χ1) is 12.8. The number of hydrogen-bond donors (Lipinski definition) is 1. The van der Waals surface area contributed by atoms with Crippen LogP contribution < -0.4 is 0 Å². The van der Waals surface area contributed by atoms with Crippen LogP contribution in [-0.2, 0) is 49.3 Å². The molecular weight excluding hydrogens is 399 g/mol. The van der Waals surface area contributed by atoms with Gasteiger partial charge in [-0.2, -0.15) is 0 Å². The van der Waals surface area contributed by atoms with Gasteiger partial charge in [-0.1, -0.05) is 0 Å². The second-order valence-corrected chi connectivity index (χ2v) is 9.44. The summed E-state index contributed by atoms with van der Waals surface area (Å²) >= 11 is 5.20. The Morgan fingerprint density at radius 1 is 0.815 bits per heavy atom. The fraction of sp³-hybridized carbons (Fsp3) is 1.00. The molecule has 3 unspecified atom stereocenters. The van der Waals surface area contributed by atoms with E-state index in [1.807, 2.05) is 13.8 Å². The van der Waals surface area contributed by atoms with Crippen molar-refractivity contribution >= 4 is 18.5 Å². The van der Waals surface area contributed by atoms with Gasteiger partial charge in [-0.25, -0.2) is 0 Å². The maximum absolute atomic E-state index is 10.6. The summed E-state index contributed by atoms with van der Waals surface area (Å²) in [6.07, 6.45) is -2.80. The Morgan fingerprint density at radius 2 is 1.30 bits per heavy atom. The zero-order chi connectivity index (χ0) is 20.2. The van der Waals surface area contributed by atoms with Gasteiger partial charge in [-0.15, -0.1) is 0 Å². The van der Waals surface area contributed by atoms with Gasteiger partial charge in [0.1, 0.15) is 36.6 Å². The minimum absolute atomic E-state index is 0.0200. The summed E-state index contributed by atoms with van der Waals surface area (Å²) in [6.45, 7) is 0.486. The van der Waals surface area contributed by atoms with Crippen molar-refractivity contribution in [1.29, 1.82) is 0 Å². The van der Waals surface area contributed by atoms with Crippen LogP contribution in [0.4, 0.5) is 0 Å². The van der Waals surface area contributed by atoms with Crippen LogP contribution in [0.15, 0.2) is 0 Å². The SMILES string of the molecule is COC[C@H]1O[C@@H](C)C(OC)[C@H]1OP(O)(=S)OC[C@H]1O[C@@H](C)C(OC)[C@H]1OC. The van der Waals surface area contributed by atoms with Gasteiger partial charge < -0.3 is 37.8 Å². The molecule has 9 atom stereocenters. The highest BCUT2D eigenvalue weighted by Crippen LogP contribution is 2.48. The lowest BCUT2D eigenvalue weighted by Gasteiger charge is -2.28. The van der Waals surface area contributed by atoms with Gasteiger partial charge in [0.25, 0.3) is 0 Å². The van der Waals surface area contributed by atoms with E-state index in [1.165, 1.54) is 0 Å². The third kappa shape index (κ3) is 5.67. The maximum Gasteiger partial charge on any atom is 0.325 e. The summed E-state index contributed by atoms with van der Waals surface area (Å²) in [4.78, 5) is 10.6. The molecule has 0 radical (unpaired) electrons. The average Bonchev–Trinajstić information content (AvgIpc) is 3.08. The molecule has 0 amide bonds. The van der Waals surface area contributed by atoms with Gasteiger partial charge in [-0.05, 0) is 25.7 Å². The van der Waals surface area contributed by atoms with Crippen molar-refractivity contribution in [2.75, 3.05) is 41.7 Å². The lowest BCUT2D eigenvalue weighted by molar-refractivity contribution is -0.0458. The molecule has 0 aromatic carbocycles. The Balaban J connectivity index is 1.98. The third-order valence-electron chi connectivity index (χ3n) is 4.89. The summed E-state index contributed by atoms with van der Waals surface area (Å²) in [5.41, 5.74) is 0. The van der Waals surface area contributed by atoms with E-state index in [-0.39, 0.29) is 37.6 Å². The van der Waals surface area contributed by atoms with E-state index in [2.05, 4.69) is 0 Å². The number of hydrogen-bond acceptors (Lipinski definition) is 9. The van der Waals surface area contributed by atoms with Gasteiger partial charge in [0.15, 0.2) is 0 Å². The largest absolute Gasteiger partial charge is 0.382 e. The van der Waals surface area contributed by atoms with Gasteiger partial charge in [0.2, 0.25) is 0 Å². The topological polar surface area (TPSA) is 94.1 Å². The lowest BCUT2D eigenvalue weighted by Crippen LogP contribution is -2.38. The highest BCUT2D eigenvalue weighted by atomic mass is 32.5. The van der Waals surface area contributed by atoms with Crippen LogP contribution >= 0.6 is 6.72 Å². The van der Waals surface area contributed by atoms with Gasteiger partial charge in [0.05, 0.1) is 25.4 Å². The molecule has 2 saturated heterocycles. The van der Waals surface area contributed by atoms with Crippen molar-refractivity contribution in [2.24, 2.45) is 0 Å². The van der Waals surface area contributed by atoms with E-state index in [0.29, 0.717) is 0 Å². The smallest absolute Gasteiger partial charge is 0.325 e. The van der Waals surface area contributed by atoms with Crippen LogP contribution in [0.5, 0.6) is 0 Å². The van der Waals surface area contributed by atoms with Gasteiger partial charge in [0, 0.05) is 28.4 Å². The second-order valence-electron chi connectivity index (χ2n) is 6.65. The second kappa shape index (κ2) is 10.4. The minimum atomic E-state index is -3.58. The molecule has 0 bridgehead atoms. The molecule has 2 fully saturated rings. The van der Waals surface area contributed by atoms with Crippen molar-refractivity contribution in [3.8, 4) is 0 Å². The quantitative estimate of drug-likeness (QED) is 0.503. The molecule has 2 aliphatic rings. The first-order valence-electron chi connectivity index (χ1n) is 8.81. The Labute approximate surface area is 165 Å². The Kier molecular flexibility index (Phi) is 9.04. The minimum Gasteiger partial charge on any atom is -0.382 e. The van der Waals surface area contributed by atoms with E-state index in [1.54, 1.807) is 28.4 Å². The van der Waals surface area contributed by atoms with Crippen LogP contribution in [0.2, 0.25) is 0 Å². The molecule has 9 nitrogen and oxygen atoms in total. The van der Waals surface area contributed by atoms with Crippen LogP contribution in [0, 0.1) is 0 Å². The predicted molar refractivity (Wildman–Crippen MR) is 100 cm³/mol.